The number of hydrogen-bond donors (Lipinski definition) is 2. The van der Waals surface area contributed by atoms with Crippen LogP contribution in [0.15, 0.2) is 18.7 Å². The van der Waals surface area contributed by atoms with Crippen molar-refractivity contribution < 1.29 is 19.6 Å². The van der Waals surface area contributed by atoms with Gasteiger partial charge in [0.05, 0.1) is 5.88 Å². The molecule has 1 atom stereocenters. The number of carbonyl (C=O) groups excluding carboxylic acids is 1. The van der Waals surface area contributed by atoms with Gasteiger partial charge in [0.1, 0.15) is 25.0 Å². The Morgan fingerprint density at radius 3 is 2.71 bits per heavy atom. The molecule has 1 aromatic heterocycles. The molecule has 0 amide bonds. The summed E-state index contributed by atoms with van der Waals surface area (Å²) in [6, 6.07) is 0. The first-order valence-electron chi connectivity index (χ1n) is 3.99. The highest BCUT2D eigenvalue weighted by Gasteiger charge is 2.05. The summed E-state index contributed by atoms with van der Waals surface area (Å²) in [7, 11) is 0. The first-order chi connectivity index (χ1) is 6.56. The largest absolute Gasteiger partial charge is 0.550 e. The number of halogens is 1. The molecule has 1 aromatic rings. The van der Waals surface area contributed by atoms with Crippen molar-refractivity contribution in [2.24, 2.45) is 0 Å². The lowest BCUT2D eigenvalue weighted by Crippen LogP contribution is -2.38. The summed E-state index contributed by atoms with van der Waals surface area (Å²) in [5.74, 6) is -0.807. The second-order valence-electron chi connectivity index (χ2n) is 2.61. The van der Waals surface area contributed by atoms with Gasteiger partial charge in [-0.15, -0.1) is 11.6 Å². The third-order valence-electron chi connectivity index (χ3n) is 1.20. The molecular weight excluding hydrogens is 208 g/mol. The number of aromatic nitrogens is 2. The molecule has 14 heavy (non-hydrogen) atoms. The number of nitrogens with one attached hydrogen (secondary N) is 1. The predicted molar refractivity (Wildman–Crippen MR) is 48.4 cm³/mol. The van der Waals surface area contributed by atoms with E-state index in [2.05, 4.69) is 4.98 Å². The Morgan fingerprint density at radius 2 is 2.36 bits per heavy atom. The number of H-pyrrole nitrogens is 1. The van der Waals surface area contributed by atoms with Crippen LogP contribution < -0.4 is 9.67 Å². The van der Waals surface area contributed by atoms with Crippen molar-refractivity contribution in [3.05, 3.63) is 18.7 Å². The summed E-state index contributed by atoms with van der Waals surface area (Å²) in [5.41, 5.74) is 0. The summed E-state index contributed by atoms with van der Waals surface area (Å²) in [4.78, 5) is 11.8. The average Bonchev–Trinajstić information content (AvgIpc) is 2.55. The van der Waals surface area contributed by atoms with E-state index in [0.29, 0.717) is 6.54 Å². The Kier molecular flexibility index (Phi) is 6.78. The molecular formula is C8H13ClN2O3. The zero-order chi connectivity index (χ0) is 11.0. The number of carboxylic acid groups (broad SMARTS) is 1. The number of carbonyl (C=O) groups is 1. The van der Waals surface area contributed by atoms with Gasteiger partial charge in [-0.05, 0) is 6.92 Å². The van der Waals surface area contributed by atoms with Crippen molar-refractivity contribution in [2.45, 2.75) is 19.6 Å². The fourth-order valence-electron chi connectivity index (χ4n) is 0.726. The SMILES string of the molecule is CC(=O)[O-].OC(CCl)C[n+]1cc[nH]c1. The van der Waals surface area contributed by atoms with Crippen LogP contribution >= 0.6 is 11.6 Å². The molecule has 0 aliphatic rings. The number of carboxylic acids is 1. The second-order valence-corrected chi connectivity index (χ2v) is 2.92. The van der Waals surface area contributed by atoms with Crippen LogP contribution in [0.25, 0.3) is 0 Å². The topological polar surface area (TPSA) is 80.0 Å². The van der Waals surface area contributed by atoms with Gasteiger partial charge in [0.25, 0.3) is 0 Å². The van der Waals surface area contributed by atoms with Gasteiger partial charge in [0.15, 0.2) is 0 Å². The number of aromatic amines is 1. The lowest BCUT2D eigenvalue weighted by molar-refractivity contribution is -0.701. The fraction of sp³-hybridized carbons (Fsp3) is 0.500. The molecule has 5 nitrogen and oxygen atoms in total. The molecule has 1 rings (SSSR count). The maximum absolute atomic E-state index is 9.06. The minimum Gasteiger partial charge on any atom is -0.550 e. The Balaban J connectivity index is 0.000000364. The Morgan fingerprint density at radius 1 is 1.79 bits per heavy atom. The number of aliphatic hydroxyl groups excluding tert-OH is 1. The average molecular weight is 221 g/mol. The zero-order valence-electron chi connectivity index (χ0n) is 7.81. The number of hydrogen-bond acceptors (Lipinski definition) is 3. The fourth-order valence-corrected chi connectivity index (χ4v) is 0.824. The maximum atomic E-state index is 9.06. The highest BCUT2D eigenvalue weighted by Crippen LogP contribution is 1.86. The van der Waals surface area contributed by atoms with Gasteiger partial charge in [-0.2, -0.15) is 0 Å². The number of alkyl halides is 1. The standard InChI is InChI=1S/C6H9ClN2O.C2H4O2/c7-3-6(10)4-9-2-1-8-5-9;1-2(3)4/h1-2,5-6,10H,3-4H2;1H3,(H,3,4). The van der Waals surface area contributed by atoms with Crippen molar-refractivity contribution >= 4 is 17.6 Å². The number of nitrogens with zero attached hydrogens (tertiary/aromatic N) is 1. The zero-order valence-corrected chi connectivity index (χ0v) is 8.57. The smallest absolute Gasteiger partial charge is 0.241 e. The summed E-state index contributed by atoms with van der Waals surface area (Å²) < 4.78 is 1.84. The molecule has 0 aliphatic heterocycles. The van der Waals surface area contributed by atoms with E-state index >= 15 is 0 Å². The minimum atomic E-state index is -1.08. The summed E-state index contributed by atoms with van der Waals surface area (Å²) in [5, 5.41) is 18.0. The van der Waals surface area contributed by atoms with Crippen LogP contribution in [0.2, 0.25) is 0 Å². The van der Waals surface area contributed by atoms with Gasteiger partial charge in [0, 0.05) is 5.97 Å². The van der Waals surface area contributed by atoms with Gasteiger partial charge in [-0.1, -0.05) is 0 Å². The van der Waals surface area contributed by atoms with Crippen LogP contribution in [-0.2, 0) is 11.3 Å². The third kappa shape index (κ3) is 7.57. The van der Waals surface area contributed by atoms with Crippen LogP contribution in [0.5, 0.6) is 0 Å². The Labute approximate surface area is 87.0 Å². The van der Waals surface area contributed by atoms with E-state index in [1.54, 1.807) is 12.5 Å². The molecule has 2 N–H and O–H groups in total. The molecule has 1 unspecified atom stereocenters. The molecule has 0 spiro atoms. The van der Waals surface area contributed by atoms with E-state index in [-0.39, 0.29) is 5.88 Å². The van der Waals surface area contributed by atoms with Crippen LogP contribution in [0.1, 0.15) is 6.92 Å². The summed E-state index contributed by atoms with van der Waals surface area (Å²) in [6.07, 6.45) is 4.95. The molecule has 0 radical (unpaired) electrons. The molecule has 0 bridgehead atoms. The summed E-state index contributed by atoms with van der Waals surface area (Å²) >= 11 is 5.40. The Hall–Kier alpha value is -1.07. The van der Waals surface area contributed by atoms with Crippen molar-refractivity contribution in [3.63, 3.8) is 0 Å². The monoisotopic (exact) mass is 220 g/mol. The number of imidazole rings is 1. The maximum Gasteiger partial charge on any atom is 0.241 e. The van der Waals surface area contributed by atoms with Crippen molar-refractivity contribution in [1.82, 2.24) is 4.98 Å². The highest BCUT2D eigenvalue weighted by atomic mass is 35.5. The van der Waals surface area contributed by atoms with E-state index in [0.717, 1.165) is 6.92 Å². The van der Waals surface area contributed by atoms with Crippen molar-refractivity contribution in [3.8, 4) is 0 Å². The predicted octanol–water partition coefficient (Wildman–Crippen LogP) is -1.34. The third-order valence-corrected chi connectivity index (χ3v) is 1.56. The Bertz CT molecular complexity index is 247. The molecule has 6 heteroatoms. The molecule has 0 saturated carbocycles. The number of aliphatic carboxylic acids is 1. The second kappa shape index (κ2) is 7.34. The highest BCUT2D eigenvalue weighted by molar-refractivity contribution is 6.18. The van der Waals surface area contributed by atoms with Gasteiger partial charge >= 0.3 is 0 Å². The normalized spacial score (nSPS) is 11.4. The van der Waals surface area contributed by atoms with Crippen molar-refractivity contribution in [1.29, 1.82) is 0 Å². The molecule has 80 valence electrons. The van der Waals surface area contributed by atoms with Gasteiger partial charge in [-0.3, -0.25) is 4.98 Å². The number of rotatable bonds is 3. The van der Waals surface area contributed by atoms with Crippen molar-refractivity contribution in [2.75, 3.05) is 5.88 Å². The van der Waals surface area contributed by atoms with Gasteiger partial charge in [-0.25, -0.2) is 4.57 Å². The van der Waals surface area contributed by atoms with Gasteiger partial charge < -0.3 is 15.0 Å². The van der Waals surface area contributed by atoms with E-state index < -0.39 is 12.1 Å². The van der Waals surface area contributed by atoms with Crippen LogP contribution in [-0.4, -0.2) is 28.0 Å². The van der Waals surface area contributed by atoms with E-state index in [1.165, 1.54) is 0 Å². The summed E-state index contributed by atoms with van der Waals surface area (Å²) in [6.45, 7) is 1.52. The minimum absolute atomic E-state index is 0.276. The van der Waals surface area contributed by atoms with Crippen LogP contribution in [0.4, 0.5) is 0 Å². The van der Waals surface area contributed by atoms with Crippen LogP contribution in [0.3, 0.4) is 0 Å². The molecule has 0 fully saturated rings. The molecule has 1 heterocycles. The van der Waals surface area contributed by atoms with E-state index in [1.807, 2.05) is 10.8 Å². The van der Waals surface area contributed by atoms with E-state index in [9.17, 15) is 0 Å². The van der Waals surface area contributed by atoms with Crippen LogP contribution in [0, 0.1) is 0 Å². The number of aliphatic hydroxyl groups is 1. The molecule has 0 saturated heterocycles. The lowest BCUT2D eigenvalue weighted by Gasteiger charge is -2.00. The molecule has 0 aliphatic carbocycles. The van der Waals surface area contributed by atoms with Gasteiger partial charge in [0.2, 0.25) is 6.33 Å². The lowest BCUT2D eigenvalue weighted by atomic mass is 10.4. The first kappa shape index (κ1) is 12.9. The van der Waals surface area contributed by atoms with E-state index in [4.69, 9.17) is 26.6 Å². The first-order valence-corrected chi connectivity index (χ1v) is 4.53. The molecule has 0 aromatic carbocycles. The quantitative estimate of drug-likeness (QED) is 0.489.